The van der Waals surface area contributed by atoms with E-state index >= 15 is 0 Å². The van der Waals surface area contributed by atoms with Crippen molar-refractivity contribution < 1.29 is 13.2 Å². The lowest BCUT2D eigenvalue weighted by Gasteiger charge is -2.06. The second-order valence-electron chi connectivity index (χ2n) is 4.40. The van der Waals surface area contributed by atoms with Crippen molar-refractivity contribution in [3.8, 4) is 0 Å². The van der Waals surface area contributed by atoms with E-state index in [1.807, 2.05) is 13.8 Å². The Morgan fingerprint density at radius 2 is 2.10 bits per heavy atom. The van der Waals surface area contributed by atoms with Gasteiger partial charge in [0.1, 0.15) is 11.6 Å². The van der Waals surface area contributed by atoms with Gasteiger partial charge in [-0.05, 0) is 13.8 Å². The number of H-pyrrole nitrogens is 1. The van der Waals surface area contributed by atoms with Crippen LogP contribution in [0.4, 0.5) is 19.0 Å². The Hall–Kier alpha value is -1.70. The van der Waals surface area contributed by atoms with Gasteiger partial charge in [0, 0.05) is 24.0 Å². The molecule has 0 bridgehead atoms. The van der Waals surface area contributed by atoms with Crippen molar-refractivity contribution in [2.45, 2.75) is 33.1 Å². The van der Waals surface area contributed by atoms with Crippen molar-refractivity contribution in [2.24, 2.45) is 0 Å². The van der Waals surface area contributed by atoms with Crippen molar-refractivity contribution in [2.75, 3.05) is 5.32 Å². The van der Waals surface area contributed by atoms with Crippen LogP contribution >= 0.6 is 11.6 Å². The summed E-state index contributed by atoms with van der Waals surface area (Å²) in [5.74, 6) is 0.218. The van der Waals surface area contributed by atoms with Gasteiger partial charge in [-0.2, -0.15) is 23.4 Å². The molecule has 0 saturated heterocycles. The molecule has 0 fully saturated rings. The summed E-state index contributed by atoms with van der Waals surface area (Å²) in [7, 11) is 0. The Bertz CT molecular complexity index is 582. The Kier molecular flexibility index (Phi) is 3.94. The number of rotatable bonds is 4. The topological polar surface area (TPSA) is 58.5 Å². The molecule has 20 heavy (non-hydrogen) atoms. The van der Waals surface area contributed by atoms with Crippen molar-refractivity contribution >= 4 is 17.4 Å². The average Bonchev–Trinajstić information content (AvgIpc) is 2.79. The highest BCUT2D eigenvalue weighted by Crippen LogP contribution is 2.24. The zero-order valence-electron chi connectivity index (χ0n) is 10.8. The van der Waals surface area contributed by atoms with Crippen molar-refractivity contribution in [1.29, 1.82) is 0 Å². The monoisotopic (exact) mass is 307 g/mol. The van der Waals surface area contributed by atoms with Crippen LogP contribution in [0.3, 0.4) is 0 Å². The average molecular weight is 308 g/mol. The van der Waals surface area contributed by atoms with Crippen molar-refractivity contribution in [3.63, 3.8) is 0 Å². The standard InChI is InChI=1S/C11H13ClF3N5/c1-6-8(7(2)18-17-6)3-16-10-9(12)4-20(19-10)5-11(13,14)15/h4H,3,5H2,1-2H3,(H,16,19)(H,17,18). The Morgan fingerprint density at radius 3 is 2.65 bits per heavy atom. The molecule has 2 rings (SSSR count). The van der Waals surface area contributed by atoms with Gasteiger partial charge in [-0.1, -0.05) is 11.6 Å². The third-order valence-electron chi connectivity index (χ3n) is 2.77. The van der Waals surface area contributed by atoms with E-state index in [2.05, 4.69) is 20.6 Å². The van der Waals surface area contributed by atoms with Crippen LogP contribution in [0.1, 0.15) is 17.0 Å². The van der Waals surface area contributed by atoms with E-state index in [0.717, 1.165) is 27.8 Å². The van der Waals surface area contributed by atoms with E-state index in [1.165, 1.54) is 0 Å². The van der Waals surface area contributed by atoms with Crippen molar-refractivity contribution in [3.05, 3.63) is 28.2 Å². The van der Waals surface area contributed by atoms with Gasteiger partial charge in [0.25, 0.3) is 0 Å². The van der Waals surface area contributed by atoms with Gasteiger partial charge in [0.05, 0.1) is 5.69 Å². The summed E-state index contributed by atoms with van der Waals surface area (Å²) < 4.78 is 37.5. The van der Waals surface area contributed by atoms with Crippen LogP contribution in [0.2, 0.25) is 5.02 Å². The smallest absolute Gasteiger partial charge is 0.363 e. The fraction of sp³-hybridized carbons (Fsp3) is 0.455. The summed E-state index contributed by atoms with van der Waals surface area (Å²) in [5, 5.41) is 13.7. The molecule has 0 aliphatic heterocycles. The molecule has 0 aliphatic carbocycles. The van der Waals surface area contributed by atoms with Crippen LogP contribution in [-0.2, 0) is 13.1 Å². The minimum Gasteiger partial charge on any atom is -0.363 e. The number of alkyl halides is 3. The van der Waals surface area contributed by atoms with Gasteiger partial charge >= 0.3 is 6.18 Å². The number of aromatic amines is 1. The third-order valence-corrected chi connectivity index (χ3v) is 3.05. The maximum Gasteiger partial charge on any atom is 0.408 e. The Balaban J connectivity index is 2.07. The third kappa shape index (κ3) is 3.44. The van der Waals surface area contributed by atoms with Crippen LogP contribution in [0.15, 0.2) is 6.20 Å². The summed E-state index contributed by atoms with van der Waals surface area (Å²) in [4.78, 5) is 0. The number of aromatic nitrogens is 4. The first-order valence-electron chi connectivity index (χ1n) is 5.80. The zero-order valence-corrected chi connectivity index (χ0v) is 11.6. The van der Waals surface area contributed by atoms with Gasteiger partial charge in [-0.3, -0.25) is 9.78 Å². The van der Waals surface area contributed by atoms with E-state index < -0.39 is 12.7 Å². The van der Waals surface area contributed by atoms with Crippen LogP contribution < -0.4 is 5.32 Å². The number of hydrogen-bond acceptors (Lipinski definition) is 3. The summed E-state index contributed by atoms with van der Waals surface area (Å²) in [6.45, 7) is 2.92. The second kappa shape index (κ2) is 5.35. The van der Waals surface area contributed by atoms with Crippen LogP contribution in [0.5, 0.6) is 0 Å². The molecule has 110 valence electrons. The first-order valence-corrected chi connectivity index (χ1v) is 6.18. The summed E-state index contributed by atoms with van der Waals surface area (Å²) in [5.41, 5.74) is 2.65. The number of anilines is 1. The Morgan fingerprint density at radius 1 is 1.40 bits per heavy atom. The van der Waals surface area contributed by atoms with Gasteiger partial charge in [-0.15, -0.1) is 0 Å². The quantitative estimate of drug-likeness (QED) is 0.912. The molecule has 2 aromatic heterocycles. The molecule has 2 heterocycles. The normalized spacial score (nSPS) is 11.9. The molecule has 0 spiro atoms. The molecule has 0 saturated carbocycles. The molecule has 9 heteroatoms. The van der Waals surface area contributed by atoms with Gasteiger partial charge in [0.15, 0.2) is 5.82 Å². The number of nitrogens with zero attached hydrogens (tertiary/aromatic N) is 3. The SMILES string of the molecule is Cc1n[nH]c(C)c1CNc1nn(CC(F)(F)F)cc1Cl. The zero-order chi connectivity index (χ0) is 14.9. The highest BCUT2D eigenvalue weighted by Gasteiger charge is 2.29. The fourth-order valence-electron chi connectivity index (χ4n) is 1.79. The van der Waals surface area contributed by atoms with E-state index in [4.69, 9.17) is 11.6 Å². The summed E-state index contributed by atoms with van der Waals surface area (Å²) in [6, 6.07) is 0. The maximum atomic E-state index is 12.3. The molecular weight excluding hydrogens is 295 g/mol. The van der Waals surface area contributed by atoms with E-state index in [9.17, 15) is 13.2 Å². The first-order chi connectivity index (χ1) is 9.26. The number of halogens is 4. The predicted octanol–water partition coefficient (Wildman–Crippen LogP) is 3.05. The molecular formula is C11H13ClF3N5. The van der Waals surface area contributed by atoms with Crippen LogP contribution in [0.25, 0.3) is 0 Å². The van der Waals surface area contributed by atoms with Gasteiger partial charge in [0.2, 0.25) is 0 Å². The van der Waals surface area contributed by atoms with E-state index in [1.54, 1.807) is 0 Å². The maximum absolute atomic E-state index is 12.3. The molecule has 5 nitrogen and oxygen atoms in total. The number of nitrogens with one attached hydrogen (secondary N) is 2. The molecule has 0 radical (unpaired) electrons. The lowest BCUT2D eigenvalue weighted by Crippen LogP contribution is -2.18. The van der Waals surface area contributed by atoms with E-state index in [-0.39, 0.29) is 10.8 Å². The highest BCUT2D eigenvalue weighted by molar-refractivity contribution is 6.32. The Labute approximate surface area is 118 Å². The lowest BCUT2D eigenvalue weighted by molar-refractivity contribution is -0.142. The molecule has 2 aromatic rings. The first kappa shape index (κ1) is 14.7. The van der Waals surface area contributed by atoms with Crippen LogP contribution in [0, 0.1) is 13.8 Å². The molecule has 0 unspecified atom stereocenters. The largest absolute Gasteiger partial charge is 0.408 e. The molecule has 0 aromatic carbocycles. The summed E-state index contributed by atoms with van der Waals surface area (Å²) >= 11 is 5.86. The molecule has 0 amide bonds. The second-order valence-corrected chi connectivity index (χ2v) is 4.81. The fourth-order valence-corrected chi connectivity index (χ4v) is 2.01. The highest BCUT2D eigenvalue weighted by atomic mass is 35.5. The number of hydrogen-bond donors (Lipinski definition) is 2. The molecule has 2 N–H and O–H groups in total. The number of aryl methyl sites for hydroxylation is 2. The predicted molar refractivity (Wildman–Crippen MR) is 68.7 cm³/mol. The van der Waals surface area contributed by atoms with Gasteiger partial charge in [-0.25, -0.2) is 0 Å². The molecule has 0 atom stereocenters. The van der Waals surface area contributed by atoms with E-state index in [0.29, 0.717) is 6.54 Å². The molecule has 0 aliphatic rings. The van der Waals surface area contributed by atoms with Crippen LogP contribution in [-0.4, -0.2) is 26.2 Å². The van der Waals surface area contributed by atoms with Crippen molar-refractivity contribution in [1.82, 2.24) is 20.0 Å². The minimum absolute atomic E-state index is 0.146. The minimum atomic E-state index is -4.33. The summed E-state index contributed by atoms with van der Waals surface area (Å²) in [6.07, 6.45) is -3.18. The lowest BCUT2D eigenvalue weighted by atomic mass is 10.2. The van der Waals surface area contributed by atoms with Gasteiger partial charge < -0.3 is 5.32 Å².